The molecule has 0 fully saturated rings. The van der Waals surface area contributed by atoms with E-state index < -0.39 is 0 Å². The normalized spacial score (nSPS) is 10.5. The molecular weight excluding hydrogens is 304 g/mol. The van der Waals surface area contributed by atoms with Gasteiger partial charge >= 0.3 is 6.01 Å². The summed E-state index contributed by atoms with van der Waals surface area (Å²) in [7, 11) is 2.06. The Balaban J connectivity index is 2.64. The number of hydrogen-bond donors (Lipinski definition) is 0. The molecule has 132 valence electrons. The van der Waals surface area contributed by atoms with Gasteiger partial charge in [0.25, 0.3) is 0 Å². The standard InChI is InChI=1S/C23H31N2/c1-7-18-15-14-17(5)21(10-4)22(18)24-16-25(6)23-19(8-2)12-11-13-20(23)9-3/h11-15H,7-10H2,1-6H3/q+1. The highest BCUT2D eigenvalue weighted by Crippen LogP contribution is 2.29. The molecule has 2 aromatic rings. The highest BCUT2D eigenvalue weighted by molar-refractivity contribution is 5.62. The fourth-order valence-electron chi connectivity index (χ4n) is 3.48. The van der Waals surface area contributed by atoms with Gasteiger partial charge in [0, 0.05) is 16.1 Å². The minimum absolute atomic E-state index is 0.989. The molecule has 0 saturated heterocycles. The monoisotopic (exact) mass is 335 g/mol. The maximum atomic E-state index is 4.81. The van der Waals surface area contributed by atoms with E-state index in [1.165, 1.54) is 33.5 Å². The van der Waals surface area contributed by atoms with Crippen molar-refractivity contribution in [2.24, 2.45) is 4.99 Å². The number of rotatable bonds is 6. The van der Waals surface area contributed by atoms with E-state index in [1.54, 1.807) is 0 Å². The van der Waals surface area contributed by atoms with Gasteiger partial charge in [-0.05, 0) is 49.3 Å². The van der Waals surface area contributed by atoms with Gasteiger partial charge in [-0.25, -0.2) is 0 Å². The van der Waals surface area contributed by atoms with Crippen LogP contribution in [0, 0.1) is 6.92 Å². The Hall–Kier alpha value is -2.18. The molecule has 0 heterocycles. The molecule has 0 bridgehead atoms. The Morgan fingerprint density at radius 3 is 1.96 bits per heavy atom. The summed E-state index contributed by atoms with van der Waals surface area (Å²) in [5.74, 6) is 0. The van der Waals surface area contributed by atoms with Crippen LogP contribution in [-0.4, -0.2) is 17.6 Å². The summed E-state index contributed by atoms with van der Waals surface area (Å²) in [4.78, 5) is 4.81. The summed E-state index contributed by atoms with van der Waals surface area (Å²) < 4.78 is 2.07. The first kappa shape index (κ1) is 19.1. The number of aryl methyl sites for hydroxylation is 4. The summed E-state index contributed by atoms with van der Waals surface area (Å²) in [6.45, 7) is 11.0. The third-order valence-corrected chi connectivity index (χ3v) is 4.95. The first-order valence-corrected chi connectivity index (χ1v) is 9.49. The van der Waals surface area contributed by atoms with Crippen molar-refractivity contribution in [3.05, 3.63) is 58.1 Å². The van der Waals surface area contributed by atoms with Crippen molar-refractivity contribution in [3.63, 3.8) is 0 Å². The lowest BCUT2D eigenvalue weighted by Crippen LogP contribution is -2.03. The van der Waals surface area contributed by atoms with E-state index in [0.29, 0.717) is 0 Å². The summed E-state index contributed by atoms with van der Waals surface area (Å²) >= 11 is 0. The molecule has 0 amide bonds. The fraction of sp³-hybridized carbons (Fsp3) is 0.435. The topological polar surface area (TPSA) is 15.4 Å². The molecule has 2 rings (SSSR count). The van der Waals surface area contributed by atoms with Crippen molar-refractivity contribution >= 4 is 17.4 Å². The van der Waals surface area contributed by atoms with Crippen molar-refractivity contribution in [1.82, 2.24) is 0 Å². The van der Waals surface area contributed by atoms with Crippen LogP contribution in [0.15, 0.2) is 35.3 Å². The average molecular weight is 336 g/mol. The van der Waals surface area contributed by atoms with Crippen LogP contribution < -0.4 is 0 Å². The van der Waals surface area contributed by atoms with E-state index in [-0.39, 0.29) is 0 Å². The van der Waals surface area contributed by atoms with Crippen LogP contribution in [0.25, 0.3) is 0 Å². The quantitative estimate of drug-likeness (QED) is 0.453. The summed E-state index contributed by atoms with van der Waals surface area (Å²) in [5.41, 5.74) is 8.98. The zero-order chi connectivity index (χ0) is 18.4. The first-order chi connectivity index (χ1) is 12.1. The lowest BCUT2D eigenvalue weighted by molar-refractivity contribution is -0.398. The molecule has 0 aliphatic carbocycles. The van der Waals surface area contributed by atoms with E-state index in [1.807, 2.05) is 0 Å². The molecule has 0 spiro atoms. The van der Waals surface area contributed by atoms with E-state index in [4.69, 9.17) is 4.99 Å². The second kappa shape index (κ2) is 8.78. The van der Waals surface area contributed by atoms with E-state index in [9.17, 15) is 0 Å². The zero-order valence-electron chi connectivity index (χ0n) is 16.6. The van der Waals surface area contributed by atoms with Crippen LogP contribution in [0.2, 0.25) is 0 Å². The van der Waals surface area contributed by atoms with Gasteiger partial charge in [-0.3, -0.25) is 0 Å². The number of nitrogens with zero attached hydrogens (tertiary/aromatic N) is 2. The predicted octanol–water partition coefficient (Wildman–Crippen LogP) is 6.02. The van der Waals surface area contributed by atoms with Crippen molar-refractivity contribution in [2.45, 2.75) is 60.3 Å². The van der Waals surface area contributed by atoms with Gasteiger partial charge in [-0.2, -0.15) is 4.58 Å². The molecule has 0 unspecified atom stereocenters. The highest BCUT2D eigenvalue weighted by Gasteiger charge is 2.15. The smallest absolute Gasteiger partial charge is 0.188 e. The Kier molecular flexibility index (Phi) is 6.73. The van der Waals surface area contributed by atoms with Crippen molar-refractivity contribution < 1.29 is 4.58 Å². The molecular formula is C23H31N2+. The molecule has 2 aromatic carbocycles. The number of benzene rings is 2. The SMILES string of the molecule is CCc1ccc(C)c(CC)c1N=C=[N+](C)c1c(CC)cccc1CC. The van der Waals surface area contributed by atoms with Gasteiger partial charge in [0.2, 0.25) is 0 Å². The van der Waals surface area contributed by atoms with Crippen LogP contribution >= 0.6 is 0 Å². The maximum absolute atomic E-state index is 4.81. The van der Waals surface area contributed by atoms with Crippen LogP contribution in [0.1, 0.15) is 55.5 Å². The number of aliphatic imine (C=N–C) groups is 1. The summed E-state index contributed by atoms with van der Waals surface area (Å²) in [6, 6.07) is 14.3. The minimum atomic E-state index is 0.989. The van der Waals surface area contributed by atoms with Gasteiger partial charge < -0.3 is 0 Å². The zero-order valence-corrected chi connectivity index (χ0v) is 16.6. The maximum Gasteiger partial charge on any atom is 0.318 e. The lowest BCUT2D eigenvalue weighted by Gasteiger charge is -2.09. The van der Waals surface area contributed by atoms with Crippen LogP contribution in [0.5, 0.6) is 0 Å². The van der Waals surface area contributed by atoms with Gasteiger partial charge in [0.15, 0.2) is 5.69 Å². The van der Waals surface area contributed by atoms with Crippen molar-refractivity contribution in [1.29, 1.82) is 0 Å². The number of hydrogen-bond acceptors (Lipinski definition) is 1. The predicted molar refractivity (Wildman–Crippen MR) is 108 cm³/mol. The van der Waals surface area contributed by atoms with Gasteiger partial charge in [0.05, 0.1) is 7.05 Å². The first-order valence-electron chi connectivity index (χ1n) is 9.49. The molecule has 25 heavy (non-hydrogen) atoms. The van der Waals surface area contributed by atoms with Crippen molar-refractivity contribution in [3.8, 4) is 0 Å². The van der Waals surface area contributed by atoms with Gasteiger partial charge in [-0.15, -0.1) is 0 Å². The molecule has 2 nitrogen and oxygen atoms in total. The lowest BCUT2D eigenvalue weighted by atomic mass is 9.98. The molecule has 0 atom stereocenters. The van der Waals surface area contributed by atoms with Crippen LogP contribution in [0.4, 0.5) is 11.4 Å². The minimum Gasteiger partial charge on any atom is -0.188 e. The largest absolute Gasteiger partial charge is 0.318 e. The second-order valence-electron chi connectivity index (χ2n) is 6.48. The molecule has 0 aromatic heterocycles. The Morgan fingerprint density at radius 1 is 0.840 bits per heavy atom. The molecule has 0 radical (unpaired) electrons. The van der Waals surface area contributed by atoms with E-state index >= 15 is 0 Å². The molecule has 0 saturated carbocycles. The Labute approximate surface area is 153 Å². The Bertz CT molecular complexity index is 787. The second-order valence-corrected chi connectivity index (χ2v) is 6.48. The fourth-order valence-corrected chi connectivity index (χ4v) is 3.48. The van der Waals surface area contributed by atoms with E-state index in [2.05, 4.69) is 82.6 Å². The highest BCUT2D eigenvalue weighted by atomic mass is 15.0. The summed E-state index contributed by atoms with van der Waals surface area (Å²) in [6.07, 6.45) is 4.01. The molecule has 0 aliphatic rings. The van der Waals surface area contributed by atoms with Gasteiger partial charge in [-0.1, -0.05) is 58.0 Å². The third-order valence-electron chi connectivity index (χ3n) is 4.95. The molecule has 2 heteroatoms. The molecule has 0 N–H and O–H groups in total. The average Bonchev–Trinajstić information content (AvgIpc) is 2.65. The van der Waals surface area contributed by atoms with Crippen LogP contribution in [0.3, 0.4) is 0 Å². The number of para-hydroxylation sites is 1. The Morgan fingerprint density at radius 2 is 1.44 bits per heavy atom. The summed E-state index contributed by atoms with van der Waals surface area (Å²) in [5, 5.41) is 0. The van der Waals surface area contributed by atoms with E-state index in [0.717, 1.165) is 31.4 Å². The third kappa shape index (κ3) is 4.08. The molecule has 0 aliphatic heterocycles. The van der Waals surface area contributed by atoms with Crippen molar-refractivity contribution in [2.75, 3.05) is 7.05 Å². The van der Waals surface area contributed by atoms with Gasteiger partial charge in [0.1, 0.15) is 5.69 Å². The van der Waals surface area contributed by atoms with Crippen LogP contribution in [-0.2, 0) is 25.7 Å².